The van der Waals surface area contributed by atoms with Crippen LogP contribution in [0.3, 0.4) is 0 Å². The van der Waals surface area contributed by atoms with Crippen LogP contribution in [-0.2, 0) is 26.2 Å². The minimum Gasteiger partial charge on any atom is -0.497 e. The molecule has 1 unspecified atom stereocenters. The molecule has 1 aliphatic carbocycles. The second kappa shape index (κ2) is 16.1. The summed E-state index contributed by atoms with van der Waals surface area (Å²) in [4.78, 5) is 29.6. The lowest BCUT2D eigenvalue weighted by molar-refractivity contribution is -0.140. The number of carbonyl (C=O) groups is 2. The first kappa shape index (κ1) is 34.3. The number of nitrogens with one attached hydrogen (secondary N) is 1. The van der Waals surface area contributed by atoms with Crippen molar-refractivity contribution < 1.29 is 27.5 Å². The third-order valence-corrected chi connectivity index (χ3v) is 10.3. The maximum atomic E-state index is 14.3. The van der Waals surface area contributed by atoms with Crippen molar-refractivity contribution in [2.75, 3.05) is 24.6 Å². The van der Waals surface area contributed by atoms with Crippen LogP contribution in [0.25, 0.3) is 0 Å². The van der Waals surface area contributed by atoms with Crippen LogP contribution in [0.2, 0.25) is 0 Å². The molecule has 3 aromatic carbocycles. The Kier molecular flexibility index (Phi) is 12.3. The Hall–Kier alpha value is -3.57. The normalized spacial score (nSPS) is 14.3. The molecule has 1 fully saturated rings. The van der Waals surface area contributed by atoms with E-state index in [0.29, 0.717) is 30.2 Å². The number of nitrogens with zero attached hydrogens (tertiary/aromatic N) is 2. The van der Waals surface area contributed by atoms with Crippen molar-refractivity contribution in [3.8, 4) is 11.5 Å². The van der Waals surface area contributed by atoms with Crippen LogP contribution < -0.4 is 19.1 Å². The molecule has 45 heavy (non-hydrogen) atoms. The fourth-order valence-electron chi connectivity index (χ4n) is 5.53. The third-order valence-electron chi connectivity index (χ3n) is 7.97. The molecule has 0 heterocycles. The SMILES string of the molecule is CCOc1ccc(N(CC(=O)N(Cc2ccc(OC)cc2)C(CC)C(=O)NC2CCCCC2)S(=O)(=O)c2ccc(Br)cc2)cc1. The van der Waals surface area contributed by atoms with Gasteiger partial charge in [0.15, 0.2) is 0 Å². The van der Waals surface area contributed by atoms with Crippen LogP contribution in [0.15, 0.2) is 82.2 Å². The number of hydrogen-bond donors (Lipinski definition) is 1. The zero-order chi connectivity index (χ0) is 32.4. The van der Waals surface area contributed by atoms with Crippen LogP contribution in [-0.4, -0.2) is 57.5 Å². The average molecular weight is 701 g/mol. The number of hydrogen-bond acceptors (Lipinski definition) is 6. The Morgan fingerprint density at radius 3 is 2.11 bits per heavy atom. The Bertz CT molecular complexity index is 1510. The van der Waals surface area contributed by atoms with Crippen molar-refractivity contribution in [2.45, 2.75) is 75.9 Å². The van der Waals surface area contributed by atoms with Gasteiger partial charge in [0, 0.05) is 17.1 Å². The van der Waals surface area contributed by atoms with Crippen LogP contribution in [0.1, 0.15) is 57.9 Å². The number of amides is 2. The molecule has 9 nitrogen and oxygen atoms in total. The molecule has 0 radical (unpaired) electrons. The highest BCUT2D eigenvalue weighted by atomic mass is 79.9. The predicted octanol–water partition coefficient (Wildman–Crippen LogP) is 6.31. The van der Waals surface area contributed by atoms with Gasteiger partial charge in [0.25, 0.3) is 10.0 Å². The topological polar surface area (TPSA) is 105 Å². The third kappa shape index (κ3) is 9.00. The molecule has 4 rings (SSSR count). The zero-order valence-corrected chi connectivity index (χ0v) is 28.5. The molecular formula is C34H42BrN3O6S. The van der Waals surface area contributed by atoms with Gasteiger partial charge in [0.1, 0.15) is 24.1 Å². The van der Waals surface area contributed by atoms with Gasteiger partial charge in [-0.05, 0) is 92.4 Å². The number of benzene rings is 3. The highest BCUT2D eigenvalue weighted by molar-refractivity contribution is 9.10. The maximum Gasteiger partial charge on any atom is 0.264 e. The van der Waals surface area contributed by atoms with Crippen LogP contribution >= 0.6 is 15.9 Å². The fourth-order valence-corrected chi connectivity index (χ4v) is 7.21. The first-order valence-electron chi connectivity index (χ1n) is 15.4. The molecule has 1 N–H and O–H groups in total. The molecule has 1 aliphatic rings. The number of sulfonamides is 1. The molecule has 0 aromatic heterocycles. The molecular weight excluding hydrogens is 658 g/mol. The molecule has 3 aromatic rings. The number of methoxy groups -OCH3 is 1. The summed E-state index contributed by atoms with van der Waals surface area (Å²) >= 11 is 3.36. The molecule has 2 amide bonds. The van der Waals surface area contributed by atoms with E-state index in [1.807, 2.05) is 26.0 Å². The monoisotopic (exact) mass is 699 g/mol. The predicted molar refractivity (Wildman–Crippen MR) is 179 cm³/mol. The summed E-state index contributed by atoms with van der Waals surface area (Å²) in [7, 11) is -2.60. The van der Waals surface area contributed by atoms with Gasteiger partial charge < -0.3 is 19.7 Å². The minimum atomic E-state index is -4.17. The Morgan fingerprint density at radius 2 is 1.53 bits per heavy atom. The van der Waals surface area contributed by atoms with Crippen molar-refractivity contribution >= 4 is 43.5 Å². The van der Waals surface area contributed by atoms with E-state index < -0.39 is 28.5 Å². The summed E-state index contributed by atoms with van der Waals surface area (Å²) in [5.41, 5.74) is 1.09. The standard InChI is InChI=1S/C34H42BrN3O6S/c1-4-32(34(40)36-27-9-7-6-8-10-27)37(23-25-11-17-29(43-3)18-12-25)33(39)24-38(28-15-19-30(20-16-28)44-5-2)45(41,42)31-21-13-26(35)14-22-31/h11-22,27,32H,4-10,23-24H2,1-3H3,(H,36,40). The van der Waals surface area contributed by atoms with E-state index in [1.54, 1.807) is 55.6 Å². The Balaban J connectivity index is 1.70. The van der Waals surface area contributed by atoms with Crippen molar-refractivity contribution in [3.05, 3.63) is 82.8 Å². The number of anilines is 1. The first-order chi connectivity index (χ1) is 21.7. The first-order valence-corrected chi connectivity index (χ1v) is 17.6. The fraction of sp³-hybridized carbons (Fsp3) is 0.412. The molecule has 0 saturated heterocycles. The van der Waals surface area contributed by atoms with Gasteiger partial charge in [-0.15, -0.1) is 0 Å². The largest absolute Gasteiger partial charge is 0.497 e. The average Bonchev–Trinajstić information content (AvgIpc) is 3.05. The molecule has 1 saturated carbocycles. The summed E-state index contributed by atoms with van der Waals surface area (Å²) < 4.78 is 40.9. The van der Waals surface area contributed by atoms with Crippen molar-refractivity contribution in [3.63, 3.8) is 0 Å². The molecule has 0 spiro atoms. The lowest BCUT2D eigenvalue weighted by Crippen LogP contribution is -2.54. The molecule has 11 heteroatoms. The lowest BCUT2D eigenvalue weighted by Gasteiger charge is -2.34. The number of carbonyl (C=O) groups excluding carboxylic acids is 2. The Labute approximate surface area is 275 Å². The van der Waals surface area contributed by atoms with E-state index in [0.717, 1.165) is 46.4 Å². The summed E-state index contributed by atoms with van der Waals surface area (Å²) in [6.45, 7) is 3.80. The van der Waals surface area contributed by atoms with Crippen molar-refractivity contribution in [1.82, 2.24) is 10.2 Å². The van der Waals surface area contributed by atoms with E-state index in [2.05, 4.69) is 21.2 Å². The number of halogens is 1. The smallest absolute Gasteiger partial charge is 0.264 e. The second-order valence-electron chi connectivity index (χ2n) is 11.0. The summed E-state index contributed by atoms with van der Waals surface area (Å²) in [5.74, 6) is 0.529. The maximum absolute atomic E-state index is 14.3. The van der Waals surface area contributed by atoms with Gasteiger partial charge >= 0.3 is 0 Å². The highest BCUT2D eigenvalue weighted by Crippen LogP contribution is 2.28. The van der Waals surface area contributed by atoms with Gasteiger partial charge in [-0.2, -0.15) is 0 Å². The van der Waals surface area contributed by atoms with E-state index in [1.165, 1.54) is 17.0 Å². The van der Waals surface area contributed by atoms with Gasteiger partial charge in [-0.1, -0.05) is 54.2 Å². The minimum absolute atomic E-state index is 0.0381. The van der Waals surface area contributed by atoms with E-state index in [4.69, 9.17) is 9.47 Å². The Morgan fingerprint density at radius 1 is 0.911 bits per heavy atom. The highest BCUT2D eigenvalue weighted by Gasteiger charge is 2.34. The van der Waals surface area contributed by atoms with Gasteiger partial charge in [0.2, 0.25) is 11.8 Å². The van der Waals surface area contributed by atoms with E-state index in [9.17, 15) is 18.0 Å². The molecule has 0 aliphatic heterocycles. The number of rotatable bonds is 14. The lowest BCUT2D eigenvalue weighted by atomic mass is 9.95. The van der Waals surface area contributed by atoms with Gasteiger partial charge in [0.05, 0.1) is 24.3 Å². The van der Waals surface area contributed by atoms with Gasteiger partial charge in [-0.3, -0.25) is 13.9 Å². The molecule has 242 valence electrons. The van der Waals surface area contributed by atoms with E-state index in [-0.39, 0.29) is 23.4 Å². The second-order valence-corrected chi connectivity index (χ2v) is 13.8. The van der Waals surface area contributed by atoms with Crippen LogP contribution in [0.4, 0.5) is 5.69 Å². The zero-order valence-electron chi connectivity index (χ0n) is 26.1. The molecule has 0 bridgehead atoms. The summed E-state index contributed by atoms with van der Waals surface area (Å²) in [6, 6.07) is 19.4. The van der Waals surface area contributed by atoms with Crippen LogP contribution in [0, 0.1) is 0 Å². The summed E-state index contributed by atoms with van der Waals surface area (Å²) in [6.07, 6.45) is 5.45. The van der Waals surface area contributed by atoms with Crippen molar-refractivity contribution in [1.29, 1.82) is 0 Å². The van der Waals surface area contributed by atoms with Crippen molar-refractivity contribution in [2.24, 2.45) is 0 Å². The quantitative estimate of drug-likeness (QED) is 0.212. The summed E-state index contributed by atoms with van der Waals surface area (Å²) in [5, 5.41) is 3.17. The molecule has 1 atom stereocenters. The van der Waals surface area contributed by atoms with E-state index >= 15 is 0 Å². The van der Waals surface area contributed by atoms with Crippen LogP contribution in [0.5, 0.6) is 11.5 Å². The van der Waals surface area contributed by atoms with Gasteiger partial charge in [-0.25, -0.2) is 8.42 Å². The number of ether oxygens (including phenoxy) is 2.